The average Bonchev–Trinajstić information content (AvgIpc) is 2.80. The number of ether oxygens (including phenoxy) is 1. The van der Waals surface area contributed by atoms with Crippen LogP contribution in [0.25, 0.3) is 0 Å². The van der Waals surface area contributed by atoms with Crippen LogP contribution in [-0.4, -0.2) is 47.6 Å². The molecule has 1 aromatic carbocycles. The predicted octanol–water partition coefficient (Wildman–Crippen LogP) is 3.44. The first kappa shape index (κ1) is 27.1. The van der Waals surface area contributed by atoms with Gasteiger partial charge in [0.15, 0.2) is 0 Å². The van der Waals surface area contributed by atoms with Crippen molar-refractivity contribution in [2.75, 3.05) is 13.2 Å². The Morgan fingerprint density at radius 1 is 1.17 bits per heavy atom. The molecule has 2 amide bonds. The highest BCUT2D eigenvalue weighted by atomic mass is 19.1. The van der Waals surface area contributed by atoms with E-state index in [2.05, 4.69) is 17.2 Å². The van der Waals surface area contributed by atoms with Crippen LogP contribution in [0.4, 0.5) is 13.6 Å². The lowest BCUT2D eigenvalue weighted by molar-refractivity contribution is -0.185. The number of nitrogens with one attached hydrogen (secondary N) is 2. The second-order valence-electron chi connectivity index (χ2n) is 10.3. The third-order valence-corrected chi connectivity index (χ3v) is 8.13. The number of aliphatic hydroxyl groups is 2. The van der Waals surface area contributed by atoms with Crippen LogP contribution in [0.15, 0.2) is 30.9 Å². The van der Waals surface area contributed by atoms with Crippen LogP contribution in [0.5, 0.6) is 0 Å². The molecule has 0 aromatic heterocycles. The third kappa shape index (κ3) is 5.83. The number of halogens is 2. The molecule has 3 rings (SSSR count). The lowest BCUT2D eigenvalue weighted by Gasteiger charge is -2.60. The fourth-order valence-corrected chi connectivity index (χ4v) is 6.29. The molecule has 0 spiro atoms. The standard InChI is InChI=1S/C26H36F2N2O5/c1-4-9-29-24(34)35-22-7-8-25(2)19(20(32)5-6-21(25)26(22,3)15-31)13-23(33)30-14-16-10-17(27)12-18(28)11-16/h4,10-12,19-22,31-32H,1,5-9,13-15H2,2-3H3,(H,29,34)(H,30,33). The molecule has 1 aromatic rings. The zero-order chi connectivity index (χ0) is 25.8. The number of carbonyl (C=O) groups is 2. The number of benzene rings is 1. The SMILES string of the molecule is C=CCNC(=O)OC1CCC2(C)C(CC(=O)NCc3cc(F)cc(F)c3)C(O)CCC2C1(C)CO. The summed E-state index contributed by atoms with van der Waals surface area (Å²) in [6.45, 7) is 7.53. The summed E-state index contributed by atoms with van der Waals surface area (Å²) in [5.74, 6) is -2.23. The van der Waals surface area contributed by atoms with Crippen LogP contribution in [0.2, 0.25) is 0 Å². The van der Waals surface area contributed by atoms with E-state index in [4.69, 9.17) is 4.74 Å². The van der Waals surface area contributed by atoms with E-state index in [1.165, 1.54) is 0 Å². The molecular formula is C26H36F2N2O5. The molecule has 9 heteroatoms. The summed E-state index contributed by atoms with van der Waals surface area (Å²) < 4.78 is 32.6. The Kier molecular flexibility index (Phi) is 8.54. The summed E-state index contributed by atoms with van der Waals surface area (Å²) in [5, 5.41) is 26.6. The first-order valence-corrected chi connectivity index (χ1v) is 12.1. The minimum atomic E-state index is -0.744. The Bertz CT molecular complexity index is 924. The normalized spacial score (nSPS) is 32.3. The van der Waals surface area contributed by atoms with Gasteiger partial charge in [-0.05, 0) is 60.6 Å². The van der Waals surface area contributed by atoms with Gasteiger partial charge in [-0.1, -0.05) is 19.9 Å². The molecule has 2 aliphatic carbocycles. The minimum Gasteiger partial charge on any atom is -0.446 e. The van der Waals surface area contributed by atoms with E-state index in [1.807, 2.05) is 13.8 Å². The van der Waals surface area contributed by atoms with Crippen LogP contribution in [0, 0.1) is 34.3 Å². The summed E-state index contributed by atoms with van der Waals surface area (Å²) in [6.07, 6.45) is 1.98. The van der Waals surface area contributed by atoms with E-state index in [9.17, 15) is 28.6 Å². The molecule has 4 N–H and O–H groups in total. The molecule has 7 nitrogen and oxygen atoms in total. The number of alkyl carbamates (subject to hydrolysis) is 1. The van der Waals surface area contributed by atoms with E-state index >= 15 is 0 Å². The van der Waals surface area contributed by atoms with E-state index in [-0.39, 0.29) is 43.9 Å². The monoisotopic (exact) mass is 494 g/mol. The number of hydrogen-bond acceptors (Lipinski definition) is 5. The first-order chi connectivity index (χ1) is 16.5. The van der Waals surface area contributed by atoms with Crippen molar-refractivity contribution >= 4 is 12.0 Å². The van der Waals surface area contributed by atoms with Crippen molar-refractivity contribution in [2.45, 2.75) is 64.7 Å². The van der Waals surface area contributed by atoms with Crippen LogP contribution >= 0.6 is 0 Å². The van der Waals surface area contributed by atoms with E-state index < -0.39 is 40.8 Å². The maximum Gasteiger partial charge on any atom is 0.407 e. The molecule has 2 saturated carbocycles. The summed E-state index contributed by atoms with van der Waals surface area (Å²) in [5.41, 5.74) is -0.911. The van der Waals surface area contributed by atoms with Gasteiger partial charge in [-0.25, -0.2) is 13.6 Å². The molecule has 2 fully saturated rings. The molecule has 35 heavy (non-hydrogen) atoms. The van der Waals surface area contributed by atoms with Crippen LogP contribution in [0.3, 0.4) is 0 Å². The molecule has 194 valence electrons. The molecular weight excluding hydrogens is 458 g/mol. The van der Waals surface area contributed by atoms with Gasteiger partial charge >= 0.3 is 6.09 Å². The fourth-order valence-electron chi connectivity index (χ4n) is 6.29. The summed E-state index contributed by atoms with van der Waals surface area (Å²) in [7, 11) is 0. The van der Waals surface area contributed by atoms with Gasteiger partial charge in [0.25, 0.3) is 0 Å². The number of hydrogen-bond donors (Lipinski definition) is 4. The number of rotatable bonds is 8. The Balaban J connectivity index is 1.72. The first-order valence-electron chi connectivity index (χ1n) is 12.1. The van der Waals surface area contributed by atoms with Crippen LogP contribution < -0.4 is 10.6 Å². The zero-order valence-electron chi connectivity index (χ0n) is 20.4. The molecule has 0 saturated heterocycles. The molecule has 6 atom stereocenters. The Morgan fingerprint density at radius 2 is 1.86 bits per heavy atom. The molecule has 0 heterocycles. The number of fused-ring (bicyclic) bond motifs is 1. The van der Waals surface area contributed by atoms with Gasteiger partial charge in [0.1, 0.15) is 17.7 Å². The van der Waals surface area contributed by atoms with Crippen molar-refractivity contribution < 1.29 is 33.3 Å². The lowest BCUT2D eigenvalue weighted by atomic mass is 9.46. The van der Waals surface area contributed by atoms with Gasteiger partial charge in [-0.2, -0.15) is 0 Å². The smallest absolute Gasteiger partial charge is 0.407 e. The zero-order valence-corrected chi connectivity index (χ0v) is 20.4. The van der Waals surface area contributed by atoms with Crippen molar-refractivity contribution in [3.8, 4) is 0 Å². The highest BCUT2D eigenvalue weighted by Crippen LogP contribution is 2.61. The van der Waals surface area contributed by atoms with Gasteiger partial charge in [0, 0.05) is 31.0 Å². The second-order valence-corrected chi connectivity index (χ2v) is 10.3. The average molecular weight is 495 g/mol. The molecule has 0 radical (unpaired) electrons. The Labute approximate surface area is 204 Å². The fraction of sp³-hybridized carbons (Fsp3) is 0.615. The maximum atomic E-state index is 13.4. The quantitative estimate of drug-likeness (QED) is 0.414. The Morgan fingerprint density at radius 3 is 2.49 bits per heavy atom. The van der Waals surface area contributed by atoms with Gasteiger partial charge in [0.05, 0.1) is 12.7 Å². The summed E-state index contributed by atoms with van der Waals surface area (Å²) in [6, 6.07) is 3.09. The van der Waals surface area contributed by atoms with Crippen molar-refractivity contribution in [3.05, 3.63) is 48.1 Å². The number of carbonyl (C=O) groups excluding carboxylic acids is 2. The van der Waals surface area contributed by atoms with Crippen molar-refractivity contribution in [1.82, 2.24) is 10.6 Å². The summed E-state index contributed by atoms with van der Waals surface area (Å²) >= 11 is 0. The largest absolute Gasteiger partial charge is 0.446 e. The lowest BCUT2D eigenvalue weighted by Crippen LogP contribution is -2.61. The molecule has 2 aliphatic rings. The summed E-state index contributed by atoms with van der Waals surface area (Å²) in [4.78, 5) is 25.0. The molecule has 0 bridgehead atoms. The maximum absolute atomic E-state index is 13.4. The van der Waals surface area contributed by atoms with E-state index in [0.717, 1.165) is 18.2 Å². The van der Waals surface area contributed by atoms with E-state index in [1.54, 1.807) is 6.08 Å². The van der Waals surface area contributed by atoms with E-state index in [0.29, 0.717) is 31.2 Å². The van der Waals surface area contributed by atoms with Gasteiger partial charge in [-0.15, -0.1) is 6.58 Å². The van der Waals surface area contributed by atoms with Crippen LogP contribution in [-0.2, 0) is 16.1 Å². The van der Waals surface area contributed by atoms with Gasteiger partial charge in [-0.3, -0.25) is 4.79 Å². The van der Waals surface area contributed by atoms with Gasteiger partial charge < -0.3 is 25.6 Å². The minimum absolute atomic E-state index is 0.0272. The number of aliphatic hydroxyl groups excluding tert-OH is 2. The van der Waals surface area contributed by atoms with Crippen molar-refractivity contribution in [2.24, 2.45) is 22.7 Å². The van der Waals surface area contributed by atoms with Gasteiger partial charge in [0.2, 0.25) is 5.91 Å². The highest BCUT2D eigenvalue weighted by molar-refractivity contribution is 5.76. The molecule has 0 aliphatic heterocycles. The van der Waals surface area contributed by atoms with Crippen LogP contribution in [0.1, 0.15) is 51.5 Å². The highest BCUT2D eigenvalue weighted by Gasteiger charge is 2.60. The predicted molar refractivity (Wildman–Crippen MR) is 126 cm³/mol. The third-order valence-electron chi connectivity index (χ3n) is 8.13. The van der Waals surface area contributed by atoms with Crippen molar-refractivity contribution in [3.63, 3.8) is 0 Å². The van der Waals surface area contributed by atoms with Crippen molar-refractivity contribution in [1.29, 1.82) is 0 Å². The number of amides is 2. The Hall–Kier alpha value is -2.52. The second kappa shape index (κ2) is 11.0. The molecule has 6 unspecified atom stereocenters. The topological polar surface area (TPSA) is 108 Å².